The molecule has 1 amide bonds. The number of rotatable bonds is 5. The third kappa shape index (κ3) is 5.08. The molecule has 5 nitrogen and oxygen atoms in total. The van der Waals surface area contributed by atoms with Crippen molar-refractivity contribution in [2.75, 3.05) is 33.7 Å². The molecule has 2 aliphatic rings. The Balaban J connectivity index is 1.61. The van der Waals surface area contributed by atoms with Crippen LogP contribution in [0.2, 0.25) is 0 Å². The minimum atomic E-state index is -4.33. The highest BCUT2D eigenvalue weighted by Gasteiger charge is 2.40. The topological polar surface area (TPSA) is 56.7 Å². The van der Waals surface area contributed by atoms with E-state index < -0.39 is 11.7 Å². The first kappa shape index (κ1) is 22.4. The van der Waals surface area contributed by atoms with Crippen molar-refractivity contribution in [1.82, 2.24) is 15.5 Å². The van der Waals surface area contributed by atoms with Crippen LogP contribution in [-0.4, -0.2) is 50.5 Å². The van der Waals surface area contributed by atoms with E-state index in [1.165, 1.54) is 12.1 Å². The summed E-state index contributed by atoms with van der Waals surface area (Å²) in [7, 11) is 3.39. The fourth-order valence-corrected chi connectivity index (χ4v) is 4.49. The number of benzene rings is 1. The Morgan fingerprint density at radius 1 is 1.27 bits per heavy atom. The average molecular weight is 425 g/mol. The molecule has 0 bridgehead atoms. The summed E-state index contributed by atoms with van der Waals surface area (Å²) >= 11 is 0. The lowest BCUT2D eigenvalue weighted by molar-refractivity contribution is -0.137. The summed E-state index contributed by atoms with van der Waals surface area (Å²) in [6.07, 6.45) is 0.818. The molecule has 2 N–H and O–H groups in total. The fourth-order valence-electron chi connectivity index (χ4n) is 4.49. The van der Waals surface area contributed by atoms with Crippen LogP contribution in [0.15, 0.2) is 29.3 Å². The first-order chi connectivity index (χ1) is 14.3. The van der Waals surface area contributed by atoms with Gasteiger partial charge in [0.2, 0.25) is 5.91 Å². The number of amides is 1. The van der Waals surface area contributed by atoms with Gasteiger partial charge >= 0.3 is 6.18 Å². The van der Waals surface area contributed by atoms with E-state index in [1.807, 2.05) is 6.07 Å². The number of hydrogen-bond acceptors (Lipinski definition) is 2. The molecule has 1 aromatic rings. The minimum absolute atomic E-state index is 0.0731. The second kappa shape index (κ2) is 9.27. The SMILES string of the molecule is CN=C(NCC1(c2cccc(C(F)(F)F)c2)CCC1)N1CCC(CC(=O)NC)CC1. The number of nitrogens with zero attached hydrogens (tertiary/aromatic N) is 2. The summed E-state index contributed by atoms with van der Waals surface area (Å²) in [6, 6.07) is 5.74. The highest BCUT2D eigenvalue weighted by molar-refractivity contribution is 5.80. The van der Waals surface area contributed by atoms with Crippen molar-refractivity contribution in [1.29, 1.82) is 0 Å². The Bertz CT molecular complexity index is 766. The number of nitrogens with one attached hydrogen (secondary N) is 2. The van der Waals surface area contributed by atoms with Crippen LogP contribution < -0.4 is 10.6 Å². The maximum absolute atomic E-state index is 13.2. The van der Waals surface area contributed by atoms with Gasteiger partial charge in [-0.25, -0.2) is 0 Å². The van der Waals surface area contributed by atoms with Crippen LogP contribution in [0.4, 0.5) is 13.2 Å². The Morgan fingerprint density at radius 3 is 2.50 bits per heavy atom. The molecular weight excluding hydrogens is 393 g/mol. The molecule has 166 valence electrons. The van der Waals surface area contributed by atoms with Gasteiger partial charge < -0.3 is 15.5 Å². The predicted octanol–water partition coefficient (Wildman–Crippen LogP) is 3.55. The van der Waals surface area contributed by atoms with Crippen LogP contribution in [0.1, 0.15) is 49.7 Å². The minimum Gasteiger partial charge on any atom is -0.359 e. The number of carbonyl (C=O) groups excluding carboxylic acids is 1. The van der Waals surface area contributed by atoms with Crippen molar-refractivity contribution in [3.63, 3.8) is 0 Å². The molecule has 30 heavy (non-hydrogen) atoms. The molecule has 2 fully saturated rings. The molecule has 1 saturated carbocycles. The van der Waals surface area contributed by atoms with E-state index in [0.717, 1.165) is 62.8 Å². The lowest BCUT2D eigenvalue weighted by Gasteiger charge is -2.44. The number of likely N-dealkylation sites (tertiary alicyclic amines) is 1. The summed E-state index contributed by atoms with van der Waals surface area (Å²) in [4.78, 5) is 18.2. The first-order valence-electron chi connectivity index (χ1n) is 10.6. The highest BCUT2D eigenvalue weighted by atomic mass is 19.4. The molecule has 1 saturated heterocycles. The smallest absolute Gasteiger partial charge is 0.359 e. The Morgan fingerprint density at radius 2 is 1.97 bits per heavy atom. The van der Waals surface area contributed by atoms with Crippen molar-refractivity contribution < 1.29 is 18.0 Å². The van der Waals surface area contributed by atoms with E-state index in [2.05, 4.69) is 20.5 Å². The highest BCUT2D eigenvalue weighted by Crippen LogP contribution is 2.44. The van der Waals surface area contributed by atoms with Crippen LogP contribution in [0.5, 0.6) is 0 Å². The molecule has 1 aliphatic carbocycles. The third-order valence-corrected chi connectivity index (χ3v) is 6.58. The molecule has 1 aliphatic heterocycles. The first-order valence-corrected chi connectivity index (χ1v) is 10.6. The van der Waals surface area contributed by atoms with Gasteiger partial charge in [-0.15, -0.1) is 0 Å². The van der Waals surface area contributed by atoms with E-state index in [4.69, 9.17) is 0 Å². The summed E-state index contributed by atoms with van der Waals surface area (Å²) in [5, 5.41) is 6.10. The van der Waals surface area contributed by atoms with Gasteiger partial charge in [-0.1, -0.05) is 24.6 Å². The summed E-state index contributed by atoms with van der Waals surface area (Å²) < 4.78 is 39.5. The number of hydrogen-bond donors (Lipinski definition) is 2. The van der Waals surface area contributed by atoms with Crippen LogP contribution >= 0.6 is 0 Å². The molecule has 0 radical (unpaired) electrons. The van der Waals surface area contributed by atoms with E-state index in [-0.39, 0.29) is 11.3 Å². The number of halogens is 3. The van der Waals surface area contributed by atoms with Gasteiger partial charge in [-0.05, 0) is 43.2 Å². The van der Waals surface area contributed by atoms with E-state index >= 15 is 0 Å². The van der Waals surface area contributed by atoms with Crippen molar-refractivity contribution in [3.05, 3.63) is 35.4 Å². The largest absolute Gasteiger partial charge is 0.416 e. The van der Waals surface area contributed by atoms with Gasteiger partial charge in [0, 0.05) is 45.6 Å². The van der Waals surface area contributed by atoms with Gasteiger partial charge in [0.25, 0.3) is 0 Å². The van der Waals surface area contributed by atoms with Gasteiger partial charge in [-0.3, -0.25) is 9.79 Å². The Kier molecular flexibility index (Phi) is 6.93. The molecule has 0 aromatic heterocycles. The Hall–Kier alpha value is -2.25. The second-order valence-corrected chi connectivity index (χ2v) is 8.42. The van der Waals surface area contributed by atoms with Crippen molar-refractivity contribution >= 4 is 11.9 Å². The normalized spacial score (nSPS) is 19.9. The maximum atomic E-state index is 13.2. The molecule has 8 heteroatoms. The van der Waals surface area contributed by atoms with Gasteiger partial charge in [0.15, 0.2) is 5.96 Å². The lowest BCUT2D eigenvalue weighted by atomic mass is 9.64. The second-order valence-electron chi connectivity index (χ2n) is 8.42. The number of piperidine rings is 1. The van der Waals surface area contributed by atoms with Crippen LogP contribution in [0, 0.1) is 5.92 Å². The molecular formula is C22H31F3N4O. The van der Waals surface area contributed by atoms with Crippen molar-refractivity contribution in [3.8, 4) is 0 Å². The van der Waals surface area contributed by atoms with Crippen molar-refractivity contribution in [2.24, 2.45) is 10.9 Å². The molecule has 1 aromatic carbocycles. The van der Waals surface area contributed by atoms with Gasteiger partial charge in [-0.2, -0.15) is 13.2 Å². The molecule has 3 rings (SSSR count). The zero-order valence-electron chi connectivity index (χ0n) is 17.7. The zero-order valence-corrected chi connectivity index (χ0v) is 17.7. The fraction of sp³-hybridized carbons (Fsp3) is 0.636. The van der Waals surface area contributed by atoms with Crippen LogP contribution in [0.3, 0.4) is 0 Å². The summed E-state index contributed by atoms with van der Waals surface area (Å²) in [6.45, 7) is 2.20. The predicted molar refractivity (Wildman–Crippen MR) is 111 cm³/mol. The number of carbonyl (C=O) groups is 1. The standard InChI is InChI=1S/C22H31F3N4O/c1-26-19(30)13-16-7-11-29(12-8-16)20(27-2)28-15-21(9-4-10-21)17-5-3-6-18(14-17)22(23,24)25/h3,5-6,14,16H,4,7-13,15H2,1-2H3,(H,26,30)(H,27,28). The molecule has 0 atom stereocenters. The zero-order chi connectivity index (χ0) is 21.8. The number of guanidine groups is 1. The number of alkyl halides is 3. The van der Waals surface area contributed by atoms with Crippen LogP contribution in [0.25, 0.3) is 0 Å². The van der Waals surface area contributed by atoms with E-state index in [0.29, 0.717) is 18.9 Å². The summed E-state index contributed by atoms with van der Waals surface area (Å²) in [5.41, 5.74) is -0.126. The molecule has 0 unspecified atom stereocenters. The molecule has 0 spiro atoms. The van der Waals surface area contributed by atoms with Gasteiger partial charge in [0.1, 0.15) is 0 Å². The van der Waals surface area contributed by atoms with Crippen LogP contribution in [-0.2, 0) is 16.4 Å². The quantitative estimate of drug-likeness (QED) is 0.562. The monoisotopic (exact) mass is 424 g/mol. The Labute approximate surface area is 176 Å². The van der Waals surface area contributed by atoms with Crippen molar-refractivity contribution in [2.45, 2.75) is 50.1 Å². The van der Waals surface area contributed by atoms with E-state index in [9.17, 15) is 18.0 Å². The van der Waals surface area contributed by atoms with E-state index in [1.54, 1.807) is 14.1 Å². The maximum Gasteiger partial charge on any atom is 0.416 e. The van der Waals surface area contributed by atoms with Gasteiger partial charge in [0.05, 0.1) is 5.56 Å². The summed E-state index contributed by atoms with van der Waals surface area (Å²) in [5.74, 6) is 1.23. The lowest BCUT2D eigenvalue weighted by Crippen LogP contribution is -2.51. The third-order valence-electron chi connectivity index (χ3n) is 6.58. The average Bonchev–Trinajstić information content (AvgIpc) is 2.70. The molecule has 1 heterocycles. The number of aliphatic imine (C=N–C) groups is 1.